The van der Waals surface area contributed by atoms with Crippen molar-refractivity contribution in [2.45, 2.75) is 0 Å². The fraction of sp³-hybridized carbons (Fsp3) is 0.100. The van der Waals surface area contributed by atoms with Crippen LogP contribution in [0.4, 0.5) is 5.13 Å². The fourth-order valence-corrected chi connectivity index (χ4v) is 2.56. The Labute approximate surface area is 150 Å². The maximum Gasteiger partial charge on any atom is 1.00 e. The second-order valence-corrected chi connectivity index (χ2v) is 5.00. The molecule has 2 rings (SSSR count). The van der Waals surface area contributed by atoms with Crippen molar-refractivity contribution < 1.29 is 58.2 Å². The third kappa shape index (κ3) is 3.44. The molecule has 15 heavy (non-hydrogen) atoms. The molecule has 1 aromatic carbocycles. The minimum Gasteiger partial charge on any atom is -0.460 e. The Bertz CT molecular complexity index is 430. The molecule has 2 nitrogen and oxygen atoms in total. The molecule has 0 aliphatic rings. The molecule has 0 amide bonds. The molecule has 0 bridgehead atoms. The third-order valence-electron chi connectivity index (χ3n) is 1.81. The molecule has 2 aromatic rings. The molecule has 0 atom stereocenters. The quantitative estimate of drug-likeness (QED) is 0.797. The Morgan fingerprint density at radius 2 is 1.93 bits per heavy atom. The molecule has 0 N–H and O–H groups in total. The zero-order valence-electron chi connectivity index (χ0n) is 8.57. The normalized spacial score (nSPS) is 9.47. The number of aromatic nitrogens is 1. The van der Waals surface area contributed by atoms with Crippen molar-refractivity contribution in [1.82, 2.24) is 4.98 Å². The van der Waals surface area contributed by atoms with Crippen LogP contribution in [0.1, 0.15) is 0 Å². The van der Waals surface area contributed by atoms with Crippen LogP contribution in [0.3, 0.4) is 0 Å². The molecule has 0 unspecified atom stereocenters. The predicted molar refractivity (Wildman–Crippen MR) is 64.2 cm³/mol. The van der Waals surface area contributed by atoms with Crippen molar-refractivity contribution in [1.29, 1.82) is 0 Å². The number of hydrogen-bond donors (Lipinski definition) is 0. The number of thiazole rings is 1. The van der Waals surface area contributed by atoms with Crippen LogP contribution < -0.4 is 58.2 Å². The van der Waals surface area contributed by atoms with Gasteiger partial charge in [0.25, 0.3) is 0 Å². The summed E-state index contributed by atoms with van der Waals surface area (Å²) in [5.74, 6) is 0. The molecular weight excluding hydrogens is 346 g/mol. The molecule has 1 aromatic heterocycles. The largest absolute Gasteiger partial charge is 1.00 e. The van der Waals surface area contributed by atoms with Crippen LogP contribution in [0.5, 0.6) is 0 Å². The van der Waals surface area contributed by atoms with Crippen LogP contribution in [0.15, 0.2) is 34.1 Å². The van der Waals surface area contributed by atoms with Gasteiger partial charge in [0.1, 0.15) is 0 Å². The Kier molecular flexibility index (Phi) is 6.18. The summed E-state index contributed by atoms with van der Waals surface area (Å²) in [5.41, 5.74) is 2.08. The van der Waals surface area contributed by atoms with Crippen LogP contribution in [0, 0.1) is 0 Å². The van der Waals surface area contributed by atoms with Gasteiger partial charge in [-0.05, 0) is 32.3 Å². The van der Waals surface area contributed by atoms with Gasteiger partial charge in [0.2, 0.25) is 0 Å². The van der Waals surface area contributed by atoms with Crippen molar-refractivity contribution in [3.8, 4) is 11.3 Å². The average Bonchev–Trinajstić information content (AvgIpc) is 2.61. The zero-order valence-corrected chi connectivity index (χ0v) is 15.9. The second kappa shape index (κ2) is 6.62. The van der Waals surface area contributed by atoms with Gasteiger partial charge in [0, 0.05) is 0 Å². The molecule has 1 heterocycles. The Morgan fingerprint density at radius 3 is 2.47 bits per heavy atom. The summed E-state index contributed by atoms with van der Waals surface area (Å²) in [5, 5.41) is 4.86. The molecule has 0 spiro atoms. The van der Waals surface area contributed by atoms with Crippen LogP contribution in [-0.2, 0) is 0 Å². The minimum absolute atomic E-state index is 0. The molecule has 0 saturated carbocycles. The smallest absolute Gasteiger partial charge is 0.460 e. The van der Waals surface area contributed by atoms with Crippen molar-refractivity contribution in [3.05, 3.63) is 39.4 Å². The van der Waals surface area contributed by atoms with E-state index in [0.717, 1.165) is 20.2 Å². The first-order chi connectivity index (χ1) is 6.81. The van der Waals surface area contributed by atoms with Crippen LogP contribution >= 0.6 is 27.3 Å². The van der Waals surface area contributed by atoms with E-state index in [1.807, 2.05) is 30.3 Å². The first kappa shape index (κ1) is 14.0. The Balaban J connectivity index is 0.00000112. The monoisotopic (exact) mass is 352 g/mol. The molecule has 0 fully saturated rings. The summed E-state index contributed by atoms with van der Waals surface area (Å²) in [6.45, 7) is 0. The zero-order chi connectivity index (χ0) is 9.97. The standard InChI is InChI=1S/C10H8BrN2S.Rb/c1-12-10-13-8(9(11)14-10)7-5-3-2-4-6-7;/h2-6H,1H3;/q-1;+1. The molecule has 5 heteroatoms. The van der Waals surface area contributed by atoms with E-state index in [9.17, 15) is 0 Å². The van der Waals surface area contributed by atoms with Gasteiger partial charge in [-0.2, -0.15) is 0 Å². The van der Waals surface area contributed by atoms with E-state index in [1.54, 1.807) is 18.4 Å². The maximum atomic E-state index is 4.40. The average molecular weight is 354 g/mol. The SMILES string of the molecule is C[N-]c1nc(-c2ccccc2)c(Br)s1.[Rb+]. The first-order valence-electron chi connectivity index (χ1n) is 4.13. The predicted octanol–water partition coefficient (Wildman–Crippen LogP) is 1.21. The van der Waals surface area contributed by atoms with Gasteiger partial charge in [0.15, 0.2) is 0 Å². The van der Waals surface area contributed by atoms with Gasteiger partial charge in [-0.25, -0.2) is 0 Å². The van der Waals surface area contributed by atoms with E-state index in [2.05, 4.69) is 26.2 Å². The minimum atomic E-state index is 0. The second-order valence-electron chi connectivity index (χ2n) is 2.71. The summed E-state index contributed by atoms with van der Waals surface area (Å²) in [7, 11) is 1.75. The molecule has 0 aliphatic heterocycles. The summed E-state index contributed by atoms with van der Waals surface area (Å²) >= 11 is 5.04. The van der Waals surface area contributed by atoms with Crippen LogP contribution in [0.2, 0.25) is 0 Å². The van der Waals surface area contributed by atoms with E-state index < -0.39 is 0 Å². The number of hydrogen-bond acceptors (Lipinski definition) is 2. The van der Waals surface area contributed by atoms with E-state index in [-0.39, 0.29) is 58.2 Å². The van der Waals surface area contributed by atoms with Crippen molar-refractivity contribution in [2.75, 3.05) is 7.05 Å². The van der Waals surface area contributed by atoms with Crippen molar-refractivity contribution in [2.24, 2.45) is 0 Å². The van der Waals surface area contributed by atoms with E-state index in [4.69, 9.17) is 0 Å². The van der Waals surface area contributed by atoms with Gasteiger partial charge in [-0.3, -0.25) is 0 Å². The third-order valence-corrected chi connectivity index (χ3v) is 3.50. The number of nitrogens with zero attached hydrogens (tertiary/aromatic N) is 2. The first-order valence-corrected chi connectivity index (χ1v) is 5.74. The molecule has 0 saturated heterocycles. The topological polar surface area (TPSA) is 27.0 Å². The number of rotatable bonds is 2. The van der Waals surface area contributed by atoms with Gasteiger partial charge in [-0.1, -0.05) is 37.4 Å². The molecule has 72 valence electrons. The van der Waals surface area contributed by atoms with E-state index in [1.165, 1.54) is 0 Å². The summed E-state index contributed by atoms with van der Waals surface area (Å²) in [6.07, 6.45) is 0. The molecular formula is C10H8BrN2RbS. The van der Waals surface area contributed by atoms with Crippen molar-refractivity contribution >= 4 is 32.4 Å². The maximum absolute atomic E-state index is 4.40. The van der Waals surface area contributed by atoms with Gasteiger partial charge in [-0.15, -0.1) is 11.3 Å². The summed E-state index contributed by atoms with van der Waals surface area (Å²) in [6, 6.07) is 10.1. The fourth-order valence-electron chi connectivity index (χ4n) is 1.16. The molecule has 0 aliphatic carbocycles. The van der Waals surface area contributed by atoms with Crippen molar-refractivity contribution in [3.63, 3.8) is 0 Å². The van der Waals surface area contributed by atoms with E-state index >= 15 is 0 Å². The van der Waals surface area contributed by atoms with Gasteiger partial charge >= 0.3 is 58.2 Å². The Morgan fingerprint density at radius 1 is 1.27 bits per heavy atom. The van der Waals surface area contributed by atoms with Crippen LogP contribution in [-0.4, -0.2) is 12.0 Å². The van der Waals surface area contributed by atoms with Crippen LogP contribution in [0.25, 0.3) is 16.6 Å². The Hall–Kier alpha value is 0.935. The summed E-state index contributed by atoms with van der Waals surface area (Å²) < 4.78 is 1.03. The van der Waals surface area contributed by atoms with E-state index in [0.29, 0.717) is 0 Å². The van der Waals surface area contributed by atoms with Gasteiger partial charge < -0.3 is 10.3 Å². The number of benzene rings is 1. The van der Waals surface area contributed by atoms with Gasteiger partial charge in [0.05, 0.1) is 3.79 Å². The summed E-state index contributed by atoms with van der Waals surface area (Å²) in [4.78, 5) is 4.40. The molecule has 0 radical (unpaired) electrons. The number of halogens is 1.